The van der Waals surface area contributed by atoms with E-state index in [9.17, 15) is 13.9 Å². The van der Waals surface area contributed by atoms with Gasteiger partial charge in [-0.1, -0.05) is 24.3 Å². The Morgan fingerprint density at radius 2 is 1.57 bits per heavy atom. The SMILES string of the molecule is OC(c1ccn(-c2ccccc2)n1)c1c(F)cccc1F. The van der Waals surface area contributed by atoms with Crippen LogP contribution in [-0.2, 0) is 0 Å². The molecule has 106 valence electrons. The van der Waals surface area contributed by atoms with Gasteiger partial charge in [0.1, 0.15) is 17.7 Å². The summed E-state index contributed by atoms with van der Waals surface area (Å²) >= 11 is 0. The lowest BCUT2D eigenvalue weighted by Crippen LogP contribution is -2.07. The highest BCUT2D eigenvalue weighted by molar-refractivity contribution is 5.33. The summed E-state index contributed by atoms with van der Waals surface area (Å²) in [5.74, 6) is -1.59. The fourth-order valence-corrected chi connectivity index (χ4v) is 2.13. The molecule has 21 heavy (non-hydrogen) atoms. The Bertz CT molecular complexity index is 736. The lowest BCUT2D eigenvalue weighted by molar-refractivity contribution is 0.203. The molecule has 0 saturated carbocycles. The molecule has 3 aromatic rings. The van der Waals surface area contributed by atoms with Crippen molar-refractivity contribution >= 4 is 0 Å². The Balaban J connectivity index is 1.97. The molecule has 0 aliphatic carbocycles. The zero-order valence-corrected chi connectivity index (χ0v) is 10.9. The number of aliphatic hydroxyl groups is 1. The van der Waals surface area contributed by atoms with Gasteiger partial charge < -0.3 is 5.11 Å². The summed E-state index contributed by atoms with van der Waals surface area (Å²) in [7, 11) is 0. The van der Waals surface area contributed by atoms with Gasteiger partial charge in [0.05, 0.1) is 16.9 Å². The van der Waals surface area contributed by atoms with Crippen LogP contribution in [0.15, 0.2) is 60.8 Å². The van der Waals surface area contributed by atoms with Crippen LogP contribution < -0.4 is 0 Å². The number of aliphatic hydroxyl groups excluding tert-OH is 1. The van der Waals surface area contributed by atoms with Crippen molar-refractivity contribution in [1.29, 1.82) is 0 Å². The van der Waals surface area contributed by atoms with Crippen LogP contribution in [0.4, 0.5) is 8.78 Å². The Kier molecular flexibility index (Phi) is 3.50. The van der Waals surface area contributed by atoms with Gasteiger partial charge in [0.25, 0.3) is 0 Å². The minimum Gasteiger partial charge on any atom is -0.382 e. The summed E-state index contributed by atoms with van der Waals surface area (Å²) in [5.41, 5.74) is 0.587. The molecular formula is C16H12F2N2O. The van der Waals surface area contributed by atoms with E-state index in [1.807, 2.05) is 30.3 Å². The number of halogens is 2. The van der Waals surface area contributed by atoms with Gasteiger partial charge in [-0.05, 0) is 30.3 Å². The van der Waals surface area contributed by atoms with E-state index in [4.69, 9.17) is 0 Å². The molecule has 1 aromatic heterocycles. The number of hydrogen-bond donors (Lipinski definition) is 1. The maximum atomic E-state index is 13.7. The standard InChI is InChI=1S/C16H12F2N2O/c17-12-7-4-8-13(18)15(12)16(21)14-9-10-20(19-14)11-5-2-1-3-6-11/h1-10,16,21H. The number of nitrogens with zero attached hydrogens (tertiary/aromatic N) is 2. The molecule has 5 heteroatoms. The van der Waals surface area contributed by atoms with Crippen molar-refractivity contribution in [2.75, 3.05) is 0 Å². The molecule has 0 bridgehead atoms. The number of benzene rings is 2. The fourth-order valence-electron chi connectivity index (χ4n) is 2.13. The van der Waals surface area contributed by atoms with E-state index in [2.05, 4.69) is 5.10 Å². The molecule has 0 aliphatic rings. The lowest BCUT2D eigenvalue weighted by atomic mass is 10.1. The highest BCUT2D eigenvalue weighted by Crippen LogP contribution is 2.26. The summed E-state index contributed by atoms with van der Waals surface area (Å²) in [5, 5.41) is 14.3. The van der Waals surface area contributed by atoms with Crippen LogP contribution in [0.3, 0.4) is 0 Å². The second-order valence-corrected chi connectivity index (χ2v) is 4.56. The maximum Gasteiger partial charge on any atom is 0.132 e. The fraction of sp³-hybridized carbons (Fsp3) is 0.0625. The Hall–Kier alpha value is -2.53. The molecule has 3 rings (SSSR count). The molecule has 0 spiro atoms. The number of aromatic nitrogens is 2. The maximum absolute atomic E-state index is 13.7. The lowest BCUT2D eigenvalue weighted by Gasteiger charge is -2.10. The first kappa shape index (κ1) is 13.5. The van der Waals surface area contributed by atoms with Crippen molar-refractivity contribution < 1.29 is 13.9 Å². The number of para-hydroxylation sites is 1. The Morgan fingerprint density at radius 1 is 0.905 bits per heavy atom. The van der Waals surface area contributed by atoms with Gasteiger partial charge in [0.15, 0.2) is 0 Å². The van der Waals surface area contributed by atoms with Gasteiger partial charge in [0, 0.05) is 6.20 Å². The van der Waals surface area contributed by atoms with Crippen LogP contribution in [0.1, 0.15) is 17.4 Å². The summed E-state index contributed by atoms with van der Waals surface area (Å²) in [6, 6.07) is 14.3. The second-order valence-electron chi connectivity index (χ2n) is 4.56. The number of rotatable bonds is 3. The van der Waals surface area contributed by atoms with Crippen molar-refractivity contribution in [3.05, 3.63) is 83.7 Å². The van der Waals surface area contributed by atoms with Crippen molar-refractivity contribution in [1.82, 2.24) is 9.78 Å². The largest absolute Gasteiger partial charge is 0.382 e. The van der Waals surface area contributed by atoms with Gasteiger partial charge in [-0.2, -0.15) is 5.10 Å². The minimum atomic E-state index is -1.45. The topological polar surface area (TPSA) is 38.0 Å². The second kappa shape index (κ2) is 5.46. The molecule has 0 aliphatic heterocycles. The van der Waals surface area contributed by atoms with Crippen molar-refractivity contribution in [2.45, 2.75) is 6.10 Å². The van der Waals surface area contributed by atoms with E-state index >= 15 is 0 Å². The molecule has 0 radical (unpaired) electrons. The van der Waals surface area contributed by atoms with E-state index in [-0.39, 0.29) is 5.69 Å². The minimum absolute atomic E-state index is 0.183. The molecule has 0 amide bonds. The van der Waals surface area contributed by atoms with Gasteiger partial charge >= 0.3 is 0 Å². The smallest absolute Gasteiger partial charge is 0.132 e. The summed E-state index contributed by atoms with van der Waals surface area (Å²) in [6.45, 7) is 0. The van der Waals surface area contributed by atoms with E-state index < -0.39 is 23.3 Å². The molecule has 0 fully saturated rings. The first-order valence-corrected chi connectivity index (χ1v) is 6.40. The first-order chi connectivity index (χ1) is 10.2. The molecule has 1 atom stereocenters. The normalized spacial score (nSPS) is 12.3. The van der Waals surface area contributed by atoms with E-state index in [0.717, 1.165) is 17.8 Å². The van der Waals surface area contributed by atoms with Gasteiger partial charge in [-0.3, -0.25) is 0 Å². The molecule has 3 nitrogen and oxygen atoms in total. The van der Waals surface area contributed by atoms with Crippen LogP contribution in [-0.4, -0.2) is 14.9 Å². The molecule has 0 saturated heterocycles. The van der Waals surface area contributed by atoms with Crippen LogP contribution in [0.25, 0.3) is 5.69 Å². The highest BCUT2D eigenvalue weighted by Gasteiger charge is 2.21. The van der Waals surface area contributed by atoms with E-state index in [1.54, 1.807) is 6.20 Å². The Morgan fingerprint density at radius 3 is 2.24 bits per heavy atom. The molecule has 1 heterocycles. The third-order valence-corrected chi connectivity index (χ3v) is 3.18. The summed E-state index contributed by atoms with van der Waals surface area (Å²) in [6.07, 6.45) is 0.184. The number of hydrogen-bond acceptors (Lipinski definition) is 2. The molecule has 1 N–H and O–H groups in total. The summed E-state index contributed by atoms with van der Waals surface area (Å²) < 4.78 is 28.9. The highest BCUT2D eigenvalue weighted by atomic mass is 19.1. The van der Waals surface area contributed by atoms with Crippen LogP contribution >= 0.6 is 0 Å². The van der Waals surface area contributed by atoms with E-state index in [0.29, 0.717) is 0 Å². The predicted molar refractivity (Wildman–Crippen MR) is 74.0 cm³/mol. The third kappa shape index (κ3) is 2.55. The zero-order valence-electron chi connectivity index (χ0n) is 10.9. The molecule has 2 aromatic carbocycles. The summed E-state index contributed by atoms with van der Waals surface area (Å²) in [4.78, 5) is 0. The average Bonchev–Trinajstić information content (AvgIpc) is 2.97. The van der Waals surface area contributed by atoms with Crippen molar-refractivity contribution in [3.8, 4) is 5.69 Å². The van der Waals surface area contributed by atoms with Crippen molar-refractivity contribution in [3.63, 3.8) is 0 Å². The predicted octanol–water partition coefficient (Wildman–Crippen LogP) is 3.23. The van der Waals surface area contributed by atoms with Gasteiger partial charge in [0.2, 0.25) is 0 Å². The van der Waals surface area contributed by atoms with Crippen LogP contribution in [0, 0.1) is 11.6 Å². The van der Waals surface area contributed by atoms with Crippen LogP contribution in [0.2, 0.25) is 0 Å². The van der Waals surface area contributed by atoms with Crippen molar-refractivity contribution in [2.24, 2.45) is 0 Å². The quantitative estimate of drug-likeness (QED) is 0.802. The first-order valence-electron chi connectivity index (χ1n) is 6.40. The molecular weight excluding hydrogens is 274 g/mol. The monoisotopic (exact) mass is 286 g/mol. The third-order valence-electron chi connectivity index (χ3n) is 3.18. The molecule has 1 unspecified atom stereocenters. The zero-order chi connectivity index (χ0) is 14.8. The van der Waals surface area contributed by atoms with E-state index in [1.165, 1.54) is 16.8 Å². The average molecular weight is 286 g/mol. The van der Waals surface area contributed by atoms with Gasteiger partial charge in [-0.15, -0.1) is 0 Å². The Labute approximate surface area is 120 Å². The van der Waals surface area contributed by atoms with Gasteiger partial charge in [-0.25, -0.2) is 13.5 Å². The van der Waals surface area contributed by atoms with Crippen LogP contribution in [0.5, 0.6) is 0 Å².